The van der Waals surface area contributed by atoms with Crippen LogP contribution in [0.15, 0.2) is 24.4 Å². The SMILES string of the molecule is NC(=O)c1cnc(Nc2ccc3c(c2)NCCCO3)nc1NC12CC3CC4C(O)C(C1)C34C2. The summed E-state index contributed by atoms with van der Waals surface area (Å²) in [6.07, 6.45) is 6.41. The Morgan fingerprint density at radius 1 is 1.30 bits per heavy atom. The molecule has 4 aliphatic carbocycles. The fourth-order valence-electron chi connectivity index (χ4n) is 7.69. The summed E-state index contributed by atoms with van der Waals surface area (Å²) in [6, 6.07) is 5.82. The number of amides is 1. The van der Waals surface area contributed by atoms with E-state index in [1.165, 1.54) is 6.20 Å². The molecule has 1 amide bonds. The minimum Gasteiger partial charge on any atom is -0.491 e. The lowest BCUT2D eigenvalue weighted by molar-refractivity contribution is -0.258. The van der Waals surface area contributed by atoms with Gasteiger partial charge in [0, 0.05) is 24.0 Å². The molecule has 0 saturated heterocycles. The predicted octanol–water partition coefficient (Wildman–Crippen LogP) is 2.47. The molecule has 2 bridgehead atoms. The molecule has 5 aliphatic rings. The standard InChI is InChI=1S/C24H28N6O3/c25-20(32)14-10-27-22(28-13-2-3-18-17(7-13)26-4-1-5-33-18)29-21(14)30-23-8-12-6-15-19(31)16(9-23)24(12,15)11-23/h2-3,7,10,12,15-16,19,26,31H,1,4-6,8-9,11H2,(H2,25,32)(H2,27,28,29,30). The lowest BCUT2D eigenvalue weighted by atomic mass is 9.37. The highest BCUT2D eigenvalue weighted by molar-refractivity contribution is 5.97. The molecule has 6 N–H and O–H groups in total. The van der Waals surface area contributed by atoms with E-state index >= 15 is 0 Å². The van der Waals surface area contributed by atoms with Crippen LogP contribution in [-0.4, -0.2) is 45.8 Å². The second-order valence-electron chi connectivity index (χ2n) is 10.5. The summed E-state index contributed by atoms with van der Waals surface area (Å²) in [5.74, 6) is 2.65. The number of aliphatic hydroxyl groups excluding tert-OH is 1. The first-order valence-electron chi connectivity index (χ1n) is 11.9. The number of hydrogen-bond acceptors (Lipinski definition) is 8. The van der Waals surface area contributed by atoms with Crippen LogP contribution in [0.5, 0.6) is 5.75 Å². The first kappa shape index (κ1) is 19.4. The van der Waals surface area contributed by atoms with Gasteiger partial charge < -0.3 is 31.5 Å². The molecule has 1 aliphatic heterocycles. The van der Waals surface area contributed by atoms with Gasteiger partial charge in [0.25, 0.3) is 5.91 Å². The second-order valence-corrected chi connectivity index (χ2v) is 10.5. The zero-order valence-corrected chi connectivity index (χ0v) is 18.3. The number of nitrogens with two attached hydrogens (primary N) is 1. The van der Waals surface area contributed by atoms with E-state index < -0.39 is 5.91 Å². The van der Waals surface area contributed by atoms with Gasteiger partial charge in [-0.25, -0.2) is 4.98 Å². The molecular formula is C24H28N6O3. The highest BCUT2D eigenvalue weighted by atomic mass is 16.5. The number of primary amides is 1. The van der Waals surface area contributed by atoms with Crippen LogP contribution in [-0.2, 0) is 0 Å². The molecule has 1 aromatic heterocycles. The Bertz CT molecular complexity index is 1170. The zero-order valence-electron chi connectivity index (χ0n) is 18.3. The van der Waals surface area contributed by atoms with Gasteiger partial charge in [-0.2, -0.15) is 4.98 Å². The van der Waals surface area contributed by atoms with Gasteiger partial charge in [-0.1, -0.05) is 0 Å². The van der Waals surface area contributed by atoms with Crippen LogP contribution in [0.4, 0.5) is 23.1 Å². The van der Waals surface area contributed by atoms with Crippen LogP contribution in [0, 0.1) is 23.2 Å². The molecule has 0 radical (unpaired) electrons. The van der Waals surface area contributed by atoms with E-state index in [2.05, 4.69) is 25.9 Å². The zero-order chi connectivity index (χ0) is 22.4. The molecule has 2 heterocycles. The quantitative estimate of drug-likeness (QED) is 0.471. The number of fused-ring (bicyclic) bond motifs is 2. The third-order valence-corrected chi connectivity index (χ3v) is 8.96. The summed E-state index contributed by atoms with van der Waals surface area (Å²) >= 11 is 0. The Balaban J connectivity index is 1.17. The fraction of sp³-hybridized carbons (Fsp3) is 0.542. The maximum Gasteiger partial charge on any atom is 0.254 e. The Labute approximate surface area is 191 Å². The van der Waals surface area contributed by atoms with Crippen molar-refractivity contribution in [2.45, 2.75) is 43.7 Å². The number of benzene rings is 1. The number of nitrogens with one attached hydrogen (secondary N) is 3. The van der Waals surface area contributed by atoms with Crippen LogP contribution >= 0.6 is 0 Å². The summed E-state index contributed by atoms with van der Waals surface area (Å²) < 4.78 is 5.76. The lowest BCUT2D eigenvalue weighted by Crippen LogP contribution is -2.68. The Morgan fingerprint density at radius 3 is 3.06 bits per heavy atom. The van der Waals surface area contributed by atoms with E-state index in [1.807, 2.05) is 18.2 Å². The molecule has 172 valence electrons. The Hall–Kier alpha value is -3.07. The molecule has 7 rings (SSSR count). The first-order valence-corrected chi connectivity index (χ1v) is 11.9. The molecule has 33 heavy (non-hydrogen) atoms. The van der Waals surface area contributed by atoms with Crippen molar-refractivity contribution in [1.29, 1.82) is 0 Å². The van der Waals surface area contributed by atoms with Crippen molar-refractivity contribution in [2.75, 3.05) is 29.1 Å². The highest BCUT2D eigenvalue weighted by Crippen LogP contribution is 2.82. The van der Waals surface area contributed by atoms with Gasteiger partial charge in [0.2, 0.25) is 5.95 Å². The molecular weight excluding hydrogens is 420 g/mol. The van der Waals surface area contributed by atoms with Gasteiger partial charge in [0.15, 0.2) is 0 Å². The van der Waals surface area contributed by atoms with Crippen LogP contribution in [0.2, 0.25) is 0 Å². The van der Waals surface area contributed by atoms with Crippen molar-refractivity contribution >= 4 is 29.0 Å². The Kier molecular flexibility index (Phi) is 3.82. The third kappa shape index (κ3) is 2.59. The van der Waals surface area contributed by atoms with Gasteiger partial charge >= 0.3 is 0 Å². The van der Waals surface area contributed by atoms with Crippen molar-refractivity contribution in [3.8, 4) is 5.75 Å². The third-order valence-electron chi connectivity index (χ3n) is 8.96. The van der Waals surface area contributed by atoms with Gasteiger partial charge in [0.05, 0.1) is 24.0 Å². The molecule has 4 fully saturated rings. The summed E-state index contributed by atoms with van der Waals surface area (Å²) in [6.45, 7) is 1.55. The molecule has 1 spiro atoms. The number of carbonyl (C=O) groups is 1. The minimum atomic E-state index is -0.551. The van der Waals surface area contributed by atoms with E-state index in [-0.39, 0.29) is 11.6 Å². The monoisotopic (exact) mass is 448 g/mol. The molecule has 9 nitrogen and oxygen atoms in total. The number of carbonyl (C=O) groups excluding carboxylic acids is 1. The number of hydrogen-bond donors (Lipinski definition) is 5. The first-order chi connectivity index (χ1) is 16.0. The molecule has 1 aromatic carbocycles. The van der Waals surface area contributed by atoms with Crippen LogP contribution in [0.25, 0.3) is 0 Å². The molecule has 4 saturated carbocycles. The predicted molar refractivity (Wildman–Crippen MR) is 123 cm³/mol. The minimum absolute atomic E-state index is 0.136. The normalized spacial score (nSPS) is 36.8. The van der Waals surface area contributed by atoms with Crippen molar-refractivity contribution in [2.24, 2.45) is 28.9 Å². The van der Waals surface area contributed by atoms with Gasteiger partial charge in [-0.05, 0) is 73.5 Å². The van der Waals surface area contributed by atoms with Crippen LogP contribution in [0.3, 0.4) is 0 Å². The van der Waals surface area contributed by atoms with Crippen LogP contribution in [0.1, 0.15) is 42.5 Å². The number of aromatic nitrogens is 2. The number of ether oxygens (including phenoxy) is 1. The lowest BCUT2D eigenvalue weighted by Gasteiger charge is -2.69. The number of aliphatic hydroxyl groups is 1. The van der Waals surface area contributed by atoms with Crippen molar-refractivity contribution < 1.29 is 14.6 Å². The average molecular weight is 449 g/mol. The molecule has 6 atom stereocenters. The summed E-state index contributed by atoms with van der Waals surface area (Å²) in [4.78, 5) is 21.2. The number of nitrogens with zero attached hydrogens (tertiary/aromatic N) is 2. The highest BCUT2D eigenvalue weighted by Gasteiger charge is 2.81. The second kappa shape index (κ2) is 6.50. The maximum absolute atomic E-state index is 12.1. The smallest absolute Gasteiger partial charge is 0.254 e. The van der Waals surface area contributed by atoms with E-state index in [9.17, 15) is 9.90 Å². The molecule has 2 aromatic rings. The summed E-state index contributed by atoms with van der Waals surface area (Å²) in [5.41, 5.74) is 7.88. The van der Waals surface area contributed by atoms with Crippen LogP contribution < -0.4 is 26.4 Å². The summed E-state index contributed by atoms with van der Waals surface area (Å²) in [7, 11) is 0. The molecule has 6 unspecified atom stereocenters. The maximum atomic E-state index is 12.1. The van der Waals surface area contributed by atoms with E-state index in [0.29, 0.717) is 47.1 Å². The van der Waals surface area contributed by atoms with Gasteiger partial charge in [-0.15, -0.1) is 0 Å². The largest absolute Gasteiger partial charge is 0.491 e. The summed E-state index contributed by atoms with van der Waals surface area (Å²) in [5, 5.41) is 20.8. The van der Waals surface area contributed by atoms with Crippen molar-refractivity contribution in [3.63, 3.8) is 0 Å². The van der Waals surface area contributed by atoms with Crippen molar-refractivity contribution in [3.05, 3.63) is 30.0 Å². The number of anilines is 4. The average Bonchev–Trinajstić information content (AvgIpc) is 3.12. The van der Waals surface area contributed by atoms with Gasteiger partial charge in [-0.3, -0.25) is 4.79 Å². The molecule has 9 heteroatoms. The van der Waals surface area contributed by atoms with E-state index in [4.69, 9.17) is 10.5 Å². The van der Waals surface area contributed by atoms with E-state index in [1.54, 1.807) is 0 Å². The van der Waals surface area contributed by atoms with Gasteiger partial charge in [0.1, 0.15) is 11.6 Å². The number of rotatable bonds is 5. The topological polar surface area (TPSA) is 134 Å². The fourth-order valence-corrected chi connectivity index (χ4v) is 7.69. The Morgan fingerprint density at radius 2 is 2.21 bits per heavy atom. The van der Waals surface area contributed by atoms with E-state index in [0.717, 1.165) is 55.8 Å². The van der Waals surface area contributed by atoms with Crippen molar-refractivity contribution in [1.82, 2.24) is 9.97 Å².